The van der Waals surface area contributed by atoms with Gasteiger partial charge in [0.25, 0.3) is 0 Å². The highest BCUT2D eigenvalue weighted by Gasteiger charge is 2.27. The van der Waals surface area contributed by atoms with Gasteiger partial charge in [0.15, 0.2) is 0 Å². The topological polar surface area (TPSA) is 15.8 Å². The number of fused-ring (bicyclic) bond motifs is 1. The molecule has 0 saturated heterocycles. The van der Waals surface area contributed by atoms with Gasteiger partial charge in [0.1, 0.15) is 0 Å². The highest BCUT2D eigenvalue weighted by molar-refractivity contribution is 9.10. The summed E-state index contributed by atoms with van der Waals surface area (Å²) in [4.78, 5) is 3.66. The van der Waals surface area contributed by atoms with Crippen LogP contribution in [0.4, 0.5) is 0 Å². The predicted octanol–water partition coefficient (Wildman–Crippen LogP) is 3.92. The Hall–Kier alpha value is -0.240. The lowest BCUT2D eigenvalue weighted by atomic mass is 9.83. The number of halogens is 1. The molecule has 2 heteroatoms. The van der Waals surface area contributed by atoms with E-state index in [1.54, 1.807) is 5.56 Å². The van der Waals surface area contributed by atoms with Gasteiger partial charge in [-0.3, -0.25) is 0 Å². The van der Waals surface area contributed by atoms with Crippen LogP contribution in [-0.2, 0) is 12.8 Å². The van der Waals surface area contributed by atoms with Crippen molar-refractivity contribution in [2.75, 3.05) is 0 Å². The molecule has 1 aromatic rings. The van der Waals surface area contributed by atoms with Crippen LogP contribution in [0.1, 0.15) is 55.0 Å². The average molecular weight is 254 g/mol. The number of hydrogen-bond acceptors (Lipinski definition) is 0. The van der Waals surface area contributed by atoms with Gasteiger partial charge in [-0.15, -0.1) is 0 Å². The third-order valence-electron chi connectivity index (χ3n) is 3.77. The molecule has 1 N–H and O–H groups in total. The molecule has 0 spiro atoms. The Morgan fingerprint density at radius 3 is 2.50 bits per heavy atom. The first-order valence-electron chi connectivity index (χ1n) is 5.75. The number of aromatic nitrogens is 1. The minimum atomic E-state index is 0.829. The Balaban J connectivity index is 2.00. The smallest absolute Gasteiger partial charge is 0.0420 e. The van der Waals surface area contributed by atoms with Gasteiger partial charge in [0, 0.05) is 21.8 Å². The summed E-state index contributed by atoms with van der Waals surface area (Å²) in [5.74, 6) is 0.829. The van der Waals surface area contributed by atoms with Crippen molar-refractivity contribution in [1.29, 1.82) is 0 Å². The molecule has 0 radical (unpaired) electrons. The van der Waals surface area contributed by atoms with Crippen molar-refractivity contribution in [1.82, 2.24) is 4.98 Å². The van der Waals surface area contributed by atoms with Gasteiger partial charge in [0.05, 0.1) is 0 Å². The predicted molar refractivity (Wildman–Crippen MR) is 61.7 cm³/mol. The molecule has 0 atom stereocenters. The van der Waals surface area contributed by atoms with Crippen LogP contribution in [0, 0.1) is 0 Å². The second kappa shape index (κ2) is 3.41. The SMILES string of the molecule is Brc1c(C2CCC2)[nH]c2c1CCCC2. The van der Waals surface area contributed by atoms with Crippen LogP contribution < -0.4 is 0 Å². The van der Waals surface area contributed by atoms with Gasteiger partial charge in [-0.2, -0.15) is 0 Å². The monoisotopic (exact) mass is 253 g/mol. The maximum absolute atomic E-state index is 3.78. The molecule has 1 aromatic heterocycles. The van der Waals surface area contributed by atoms with Crippen molar-refractivity contribution in [2.45, 2.75) is 50.9 Å². The van der Waals surface area contributed by atoms with Crippen LogP contribution in [0.5, 0.6) is 0 Å². The molecule has 3 rings (SSSR count). The highest BCUT2D eigenvalue weighted by atomic mass is 79.9. The fourth-order valence-corrected chi connectivity index (χ4v) is 3.50. The normalized spacial score (nSPS) is 21.8. The molecule has 0 amide bonds. The minimum absolute atomic E-state index is 0.829. The van der Waals surface area contributed by atoms with Crippen molar-refractivity contribution >= 4 is 15.9 Å². The van der Waals surface area contributed by atoms with E-state index < -0.39 is 0 Å². The summed E-state index contributed by atoms with van der Waals surface area (Å²) in [6, 6.07) is 0. The standard InChI is InChI=1S/C12H16BrN/c13-11-9-6-1-2-7-10(9)14-12(11)8-4-3-5-8/h8,14H,1-7H2. The Labute approximate surface area is 93.4 Å². The fourth-order valence-electron chi connectivity index (χ4n) is 2.64. The number of nitrogens with one attached hydrogen (secondary N) is 1. The summed E-state index contributed by atoms with van der Waals surface area (Å²) in [5.41, 5.74) is 4.60. The summed E-state index contributed by atoms with van der Waals surface area (Å²) in [6.45, 7) is 0. The molecule has 2 aliphatic rings. The number of aryl methyl sites for hydroxylation is 1. The molecule has 1 nitrogen and oxygen atoms in total. The van der Waals surface area contributed by atoms with Crippen LogP contribution >= 0.6 is 15.9 Å². The third kappa shape index (κ3) is 1.27. The van der Waals surface area contributed by atoms with Crippen LogP contribution in [0.3, 0.4) is 0 Å². The summed E-state index contributed by atoms with van der Waals surface area (Å²) in [7, 11) is 0. The van der Waals surface area contributed by atoms with Crippen LogP contribution in [-0.4, -0.2) is 4.98 Å². The Bertz CT molecular complexity index is 349. The van der Waals surface area contributed by atoms with Crippen molar-refractivity contribution in [3.8, 4) is 0 Å². The van der Waals surface area contributed by atoms with Gasteiger partial charge in [-0.05, 0) is 60.0 Å². The summed E-state index contributed by atoms with van der Waals surface area (Å²) in [5, 5.41) is 0. The molecule has 14 heavy (non-hydrogen) atoms. The van der Waals surface area contributed by atoms with E-state index in [0.717, 1.165) is 5.92 Å². The van der Waals surface area contributed by atoms with E-state index in [4.69, 9.17) is 0 Å². The average Bonchev–Trinajstić information content (AvgIpc) is 2.43. The van der Waals surface area contributed by atoms with Crippen molar-refractivity contribution in [2.24, 2.45) is 0 Å². The Morgan fingerprint density at radius 1 is 1.07 bits per heavy atom. The quantitative estimate of drug-likeness (QED) is 0.781. The van der Waals surface area contributed by atoms with Crippen LogP contribution in [0.25, 0.3) is 0 Å². The second-order valence-electron chi connectivity index (χ2n) is 4.64. The number of hydrogen-bond donors (Lipinski definition) is 1. The lowest BCUT2D eigenvalue weighted by Gasteiger charge is -2.24. The van der Waals surface area contributed by atoms with Gasteiger partial charge >= 0.3 is 0 Å². The van der Waals surface area contributed by atoms with E-state index in [0.29, 0.717) is 0 Å². The molecule has 76 valence electrons. The van der Waals surface area contributed by atoms with E-state index in [-0.39, 0.29) is 0 Å². The van der Waals surface area contributed by atoms with E-state index >= 15 is 0 Å². The van der Waals surface area contributed by atoms with Crippen LogP contribution in [0.15, 0.2) is 4.47 Å². The maximum atomic E-state index is 3.78. The molecule has 0 unspecified atom stereocenters. The zero-order chi connectivity index (χ0) is 9.54. The van der Waals surface area contributed by atoms with Gasteiger partial charge < -0.3 is 4.98 Å². The fraction of sp³-hybridized carbons (Fsp3) is 0.667. The van der Waals surface area contributed by atoms with Crippen molar-refractivity contribution in [3.05, 3.63) is 21.4 Å². The largest absolute Gasteiger partial charge is 0.361 e. The molecule has 1 heterocycles. The van der Waals surface area contributed by atoms with E-state index in [1.165, 1.54) is 60.8 Å². The van der Waals surface area contributed by atoms with E-state index in [2.05, 4.69) is 20.9 Å². The summed E-state index contributed by atoms with van der Waals surface area (Å²) >= 11 is 3.78. The summed E-state index contributed by atoms with van der Waals surface area (Å²) in [6.07, 6.45) is 9.47. The molecular formula is C12H16BrN. The zero-order valence-corrected chi connectivity index (χ0v) is 9.99. The first kappa shape index (κ1) is 9.02. The first-order valence-corrected chi connectivity index (χ1v) is 6.54. The lowest BCUT2D eigenvalue weighted by Crippen LogP contribution is -2.09. The molecule has 1 fully saturated rings. The van der Waals surface area contributed by atoms with E-state index in [9.17, 15) is 0 Å². The maximum Gasteiger partial charge on any atom is 0.0420 e. The van der Waals surface area contributed by atoms with E-state index in [1.807, 2.05) is 0 Å². The molecular weight excluding hydrogens is 238 g/mol. The Morgan fingerprint density at radius 2 is 1.86 bits per heavy atom. The van der Waals surface area contributed by atoms with Crippen molar-refractivity contribution < 1.29 is 0 Å². The summed E-state index contributed by atoms with van der Waals surface area (Å²) < 4.78 is 1.41. The molecule has 0 bridgehead atoms. The second-order valence-corrected chi connectivity index (χ2v) is 5.44. The number of aromatic amines is 1. The lowest BCUT2D eigenvalue weighted by molar-refractivity contribution is 0.411. The number of H-pyrrole nitrogens is 1. The molecule has 0 aliphatic heterocycles. The molecule has 2 aliphatic carbocycles. The third-order valence-corrected chi connectivity index (χ3v) is 4.67. The van der Waals surface area contributed by atoms with Crippen LogP contribution in [0.2, 0.25) is 0 Å². The Kier molecular flexibility index (Phi) is 2.19. The molecule has 0 aromatic carbocycles. The van der Waals surface area contributed by atoms with Gasteiger partial charge in [-0.1, -0.05) is 6.42 Å². The van der Waals surface area contributed by atoms with Gasteiger partial charge in [-0.25, -0.2) is 0 Å². The zero-order valence-electron chi connectivity index (χ0n) is 8.41. The number of rotatable bonds is 1. The van der Waals surface area contributed by atoms with Crippen molar-refractivity contribution in [3.63, 3.8) is 0 Å². The first-order chi connectivity index (χ1) is 6.86. The highest BCUT2D eigenvalue weighted by Crippen LogP contribution is 2.42. The van der Waals surface area contributed by atoms with Gasteiger partial charge in [0.2, 0.25) is 0 Å². The molecule has 1 saturated carbocycles. The minimum Gasteiger partial charge on any atom is -0.361 e.